The molecule has 0 radical (unpaired) electrons. The molecular weight excluding hydrogens is 412 g/mol. The fourth-order valence-corrected chi connectivity index (χ4v) is 5.06. The van der Waals surface area contributed by atoms with Crippen LogP contribution in [0.1, 0.15) is 64.2 Å². The number of nitrogens with zero attached hydrogens (tertiary/aromatic N) is 5. The number of imidazole rings is 1. The van der Waals surface area contributed by atoms with Crippen LogP contribution in [-0.2, 0) is 25.4 Å². The number of hydrogen-bond donors (Lipinski definition) is 1. The van der Waals surface area contributed by atoms with Gasteiger partial charge in [-0.05, 0) is 25.7 Å². The molecule has 0 atom stereocenters. The number of aryl methyl sites for hydroxylation is 2. The fraction of sp³-hybridized carbons (Fsp3) is 0.682. The Morgan fingerprint density at radius 2 is 1.66 bits per heavy atom. The molecule has 2 saturated carbocycles. The van der Waals surface area contributed by atoms with Gasteiger partial charge in [-0.1, -0.05) is 38.5 Å². The van der Waals surface area contributed by atoms with Gasteiger partial charge in [-0.2, -0.15) is 0 Å². The predicted octanol–water partition coefficient (Wildman–Crippen LogP) is 1.64. The molecule has 2 heterocycles. The average Bonchev–Trinajstić information content (AvgIpc) is 3.18. The Morgan fingerprint density at radius 1 is 1.03 bits per heavy atom. The first-order chi connectivity index (χ1) is 15.4. The molecule has 0 aromatic carbocycles. The van der Waals surface area contributed by atoms with Crippen molar-refractivity contribution in [1.29, 1.82) is 0 Å². The SMILES string of the molecule is Cn1cnc2c1c(=O)n(CC(=O)N(C(=O)NC1CCCCC1)C1CCCCC1)c(=O)n2C. The maximum atomic E-state index is 13.4. The molecule has 10 heteroatoms. The maximum Gasteiger partial charge on any atom is 0.332 e. The summed E-state index contributed by atoms with van der Waals surface area (Å²) in [5.74, 6) is -0.522. The lowest BCUT2D eigenvalue weighted by Gasteiger charge is -2.34. The van der Waals surface area contributed by atoms with Gasteiger partial charge in [0.15, 0.2) is 11.2 Å². The number of rotatable bonds is 4. The molecule has 2 aliphatic carbocycles. The second-order valence-corrected chi connectivity index (χ2v) is 9.10. The van der Waals surface area contributed by atoms with Crippen LogP contribution in [0.3, 0.4) is 0 Å². The standard InChI is InChI=1S/C22H32N6O4/c1-25-14-23-19-18(25)20(30)27(22(32)26(19)2)13-17(29)28(16-11-7-4-8-12-16)21(31)24-15-9-5-3-6-10-15/h14-16H,3-13H2,1-2H3,(H,24,31). The topological polar surface area (TPSA) is 111 Å². The van der Waals surface area contributed by atoms with Crippen molar-refractivity contribution in [1.82, 2.24) is 28.9 Å². The molecule has 1 N–H and O–H groups in total. The summed E-state index contributed by atoms with van der Waals surface area (Å²) in [5.41, 5.74) is -0.681. The number of aromatic nitrogens is 4. The molecule has 0 aliphatic heterocycles. The third-order valence-corrected chi connectivity index (χ3v) is 6.85. The molecule has 2 aromatic heterocycles. The Bertz CT molecular complexity index is 1120. The lowest BCUT2D eigenvalue weighted by atomic mass is 9.93. The number of amides is 3. The molecular formula is C22H32N6O4. The van der Waals surface area contributed by atoms with Crippen molar-refractivity contribution in [3.63, 3.8) is 0 Å². The van der Waals surface area contributed by atoms with Crippen LogP contribution in [0.15, 0.2) is 15.9 Å². The van der Waals surface area contributed by atoms with E-state index in [1.54, 1.807) is 7.05 Å². The van der Waals surface area contributed by atoms with Gasteiger partial charge in [-0.25, -0.2) is 19.1 Å². The van der Waals surface area contributed by atoms with Crippen molar-refractivity contribution < 1.29 is 9.59 Å². The first-order valence-electron chi connectivity index (χ1n) is 11.6. The number of carbonyl (C=O) groups is 2. The normalized spacial score (nSPS) is 18.1. The third kappa shape index (κ3) is 4.22. The summed E-state index contributed by atoms with van der Waals surface area (Å²) in [6.45, 7) is -0.471. The average molecular weight is 445 g/mol. The highest BCUT2D eigenvalue weighted by atomic mass is 16.2. The van der Waals surface area contributed by atoms with E-state index in [-0.39, 0.29) is 23.2 Å². The minimum Gasteiger partial charge on any atom is -0.335 e. The van der Waals surface area contributed by atoms with Crippen LogP contribution in [0, 0.1) is 0 Å². The highest BCUT2D eigenvalue weighted by Crippen LogP contribution is 2.24. The van der Waals surface area contributed by atoms with Gasteiger partial charge < -0.3 is 9.88 Å². The van der Waals surface area contributed by atoms with Crippen LogP contribution in [-0.4, -0.2) is 47.6 Å². The first-order valence-corrected chi connectivity index (χ1v) is 11.6. The van der Waals surface area contributed by atoms with E-state index in [9.17, 15) is 19.2 Å². The molecule has 0 unspecified atom stereocenters. The zero-order chi connectivity index (χ0) is 22.8. The summed E-state index contributed by atoms with van der Waals surface area (Å²) in [6.07, 6.45) is 11.1. The number of hydrogen-bond acceptors (Lipinski definition) is 5. The van der Waals surface area contributed by atoms with Crippen LogP contribution in [0.4, 0.5) is 4.79 Å². The quantitative estimate of drug-likeness (QED) is 0.771. The summed E-state index contributed by atoms with van der Waals surface area (Å²) in [6, 6.07) is -0.545. The van der Waals surface area contributed by atoms with Gasteiger partial charge in [0.2, 0.25) is 0 Å². The third-order valence-electron chi connectivity index (χ3n) is 6.85. The van der Waals surface area contributed by atoms with Crippen molar-refractivity contribution in [2.45, 2.75) is 82.8 Å². The van der Waals surface area contributed by atoms with Gasteiger partial charge in [-0.3, -0.25) is 19.1 Å². The largest absolute Gasteiger partial charge is 0.335 e. The van der Waals surface area contributed by atoms with E-state index in [1.807, 2.05) is 0 Å². The van der Waals surface area contributed by atoms with Crippen molar-refractivity contribution in [3.05, 3.63) is 27.2 Å². The number of imide groups is 1. The van der Waals surface area contributed by atoms with Gasteiger partial charge in [0.1, 0.15) is 6.54 Å². The molecule has 174 valence electrons. The molecule has 2 fully saturated rings. The Hall–Kier alpha value is -2.91. The zero-order valence-corrected chi connectivity index (χ0v) is 18.9. The number of nitrogens with one attached hydrogen (secondary N) is 1. The van der Waals surface area contributed by atoms with E-state index in [1.165, 1.54) is 33.8 Å². The second kappa shape index (κ2) is 9.30. The minimum atomic E-state index is -0.620. The van der Waals surface area contributed by atoms with Crippen LogP contribution in [0.5, 0.6) is 0 Å². The number of urea groups is 1. The van der Waals surface area contributed by atoms with Crippen LogP contribution < -0.4 is 16.6 Å². The van der Waals surface area contributed by atoms with E-state index in [0.717, 1.165) is 62.4 Å². The van der Waals surface area contributed by atoms with Crippen LogP contribution >= 0.6 is 0 Å². The minimum absolute atomic E-state index is 0.0662. The molecule has 10 nitrogen and oxygen atoms in total. The van der Waals surface area contributed by atoms with Crippen molar-refractivity contribution >= 4 is 23.1 Å². The molecule has 0 spiro atoms. The Morgan fingerprint density at radius 3 is 2.31 bits per heavy atom. The van der Waals surface area contributed by atoms with E-state index in [0.29, 0.717) is 0 Å². The second-order valence-electron chi connectivity index (χ2n) is 9.10. The molecule has 2 aliphatic rings. The molecule has 4 rings (SSSR count). The highest BCUT2D eigenvalue weighted by molar-refractivity contribution is 5.95. The zero-order valence-electron chi connectivity index (χ0n) is 18.9. The fourth-order valence-electron chi connectivity index (χ4n) is 5.06. The molecule has 3 amide bonds. The molecule has 2 aromatic rings. The lowest BCUT2D eigenvalue weighted by molar-refractivity contribution is -0.131. The monoisotopic (exact) mass is 444 g/mol. The summed E-state index contributed by atoms with van der Waals surface area (Å²) in [5, 5.41) is 3.04. The van der Waals surface area contributed by atoms with Crippen LogP contribution in [0.2, 0.25) is 0 Å². The van der Waals surface area contributed by atoms with Crippen molar-refractivity contribution in [2.75, 3.05) is 0 Å². The molecule has 32 heavy (non-hydrogen) atoms. The van der Waals surface area contributed by atoms with E-state index >= 15 is 0 Å². The maximum absolute atomic E-state index is 13.4. The Balaban J connectivity index is 1.64. The van der Waals surface area contributed by atoms with Gasteiger partial charge in [0.05, 0.1) is 6.33 Å². The van der Waals surface area contributed by atoms with Crippen LogP contribution in [0.25, 0.3) is 11.2 Å². The van der Waals surface area contributed by atoms with E-state index in [2.05, 4.69) is 10.3 Å². The van der Waals surface area contributed by atoms with Gasteiger partial charge in [0, 0.05) is 26.2 Å². The van der Waals surface area contributed by atoms with Gasteiger partial charge in [-0.15, -0.1) is 0 Å². The summed E-state index contributed by atoms with van der Waals surface area (Å²) >= 11 is 0. The smallest absolute Gasteiger partial charge is 0.332 e. The van der Waals surface area contributed by atoms with Gasteiger partial charge in [0.25, 0.3) is 11.5 Å². The first kappa shape index (κ1) is 22.3. The van der Waals surface area contributed by atoms with E-state index < -0.39 is 29.7 Å². The number of fused-ring (bicyclic) bond motifs is 1. The van der Waals surface area contributed by atoms with Gasteiger partial charge >= 0.3 is 11.7 Å². The van der Waals surface area contributed by atoms with E-state index in [4.69, 9.17) is 0 Å². The number of carbonyl (C=O) groups excluding carboxylic acids is 2. The lowest BCUT2D eigenvalue weighted by Crippen LogP contribution is -2.55. The summed E-state index contributed by atoms with van der Waals surface area (Å²) in [7, 11) is 3.19. The predicted molar refractivity (Wildman–Crippen MR) is 119 cm³/mol. The Labute approximate surface area is 186 Å². The Kier molecular flexibility index (Phi) is 6.48. The molecule has 0 saturated heterocycles. The van der Waals surface area contributed by atoms with Crippen molar-refractivity contribution in [3.8, 4) is 0 Å². The summed E-state index contributed by atoms with van der Waals surface area (Å²) < 4.78 is 3.71. The summed E-state index contributed by atoms with van der Waals surface area (Å²) in [4.78, 5) is 57.9. The highest BCUT2D eigenvalue weighted by Gasteiger charge is 2.33. The van der Waals surface area contributed by atoms with Crippen molar-refractivity contribution in [2.24, 2.45) is 14.1 Å². The molecule has 0 bridgehead atoms.